The summed E-state index contributed by atoms with van der Waals surface area (Å²) in [5, 5.41) is 28.7. The van der Waals surface area contributed by atoms with Crippen molar-refractivity contribution in [2.75, 3.05) is 17.2 Å². The van der Waals surface area contributed by atoms with E-state index in [1.54, 1.807) is 0 Å². The first kappa shape index (κ1) is 19.2. The van der Waals surface area contributed by atoms with Gasteiger partial charge in [0, 0.05) is 5.75 Å². The lowest BCUT2D eigenvalue weighted by atomic mass is 10.1. The summed E-state index contributed by atoms with van der Waals surface area (Å²) in [6.45, 7) is 0. The first-order valence-corrected chi connectivity index (χ1v) is 9.50. The van der Waals surface area contributed by atoms with E-state index in [-0.39, 0.29) is 5.82 Å². The Morgan fingerprint density at radius 3 is 2.88 bits per heavy atom. The van der Waals surface area contributed by atoms with Crippen molar-refractivity contribution < 1.29 is 24.9 Å². The third kappa shape index (κ3) is 3.74. The number of thiol groups is 1. The number of aromatic nitrogens is 4. The number of fused-ring (bicyclic) bond motifs is 1. The molecule has 142 valence electrons. The number of anilines is 1. The van der Waals surface area contributed by atoms with Gasteiger partial charge in [-0.1, -0.05) is 0 Å². The van der Waals surface area contributed by atoms with E-state index in [1.807, 2.05) is 0 Å². The Bertz CT molecular complexity index is 790. The van der Waals surface area contributed by atoms with Crippen molar-refractivity contribution in [3.63, 3.8) is 0 Å². The molecule has 3 heterocycles. The Balaban J connectivity index is 1.64. The van der Waals surface area contributed by atoms with Gasteiger partial charge in [0.1, 0.15) is 29.3 Å². The topological polar surface area (TPSA) is 157 Å². The number of aliphatic carboxylic acids is 1. The zero-order valence-electron chi connectivity index (χ0n) is 13.5. The van der Waals surface area contributed by atoms with Gasteiger partial charge >= 0.3 is 5.97 Å². The number of nitrogens with zero attached hydrogens (tertiary/aromatic N) is 4. The zero-order chi connectivity index (χ0) is 18.8. The van der Waals surface area contributed by atoms with E-state index >= 15 is 0 Å². The number of carboxylic acid groups (broad SMARTS) is 1. The van der Waals surface area contributed by atoms with Gasteiger partial charge in [-0.25, -0.2) is 15.0 Å². The Labute approximate surface area is 158 Å². The largest absolute Gasteiger partial charge is 0.480 e. The lowest BCUT2D eigenvalue weighted by molar-refractivity contribution is -0.136. The number of nitrogens with two attached hydrogens (primary N) is 1. The van der Waals surface area contributed by atoms with Gasteiger partial charge in [-0.15, -0.1) is 0 Å². The van der Waals surface area contributed by atoms with Crippen molar-refractivity contribution in [2.45, 2.75) is 36.2 Å². The van der Waals surface area contributed by atoms with Crippen LogP contribution in [0.25, 0.3) is 11.2 Å². The fraction of sp³-hybridized carbons (Fsp3) is 0.571. The Hall–Kier alpha value is -1.60. The van der Waals surface area contributed by atoms with Gasteiger partial charge in [0.2, 0.25) is 0 Å². The van der Waals surface area contributed by atoms with E-state index in [2.05, 4.69) is 27.6 Å². The van der Waals surface area contributed by atoms with Crippen LogP contribution in [0.3, 0.4) is 0 Å². The molecule has 0 amide bonds. The van der Waals surface area contributed by atoms with E-state index < -0.39 is 35.8 Å². The summed E-state index contributed by atoms with van der Waals surface area (Å²) >= 11 is 5.40. The highest BCUT2D eigenvalue weighted by Crippen LogP contribution is 2.33. The fourth-order valence-electron chi connectivity index (χ4n) is 2.67. The lowest BCUT2D eigenvalue weighted by Crippen LogP contribution is -2.32. The minimum atomic E-state index is -1.16. The van der Waals surface area contributed by atoms with Crippen LogP contribution in [0.1, 0.15) is 12.6 Å². The molecule has 0 aromatic carbocycles. The molecule has 1 fully saturated rings. The molecule has 2 aromatic rings. The smallest absolute Gasteiger partial charge is 0.316 e. The number of rotatable bonds is 7. The Morgan fingerprint density at radius 2 is 2.15 bits per heavy atom. The number of aliphatic hydroxyl groups is 2. The second-order valence-corrected chi connectivity index (χ2v) is 7.62. The molecule has 1 saturated heterocycles. The molecular weight excluding hydrogens is 382 g/mol. The molecule has 5 atom stereocenters. The van der Waals surface area contributed by atoms with Crippen LogP contribution in [0.2, 0.25) is 0 Å². The summed E-state index contributed by atoms with van der Waals surface area (Å²) in [5.41, 5.74) is 6.55. The summed E-state index contributed by atoms with van der Waals surface area (Å²) in [5.74, 6) is 0.202. The van der Waals surface area contributed by atoms with Gasteiger partial charge in [0.25, 0.3) is 0 Å². The number of hydrogen-bond acceptors (Lipinski definition) is 10. The molecular formula is C14H19N5O5S2. The lowest BCUT2D eigenvalue weighted by Gasteiger charge is -2.16. The quantitative estimate of drug-likeness (QED) is 0.304. The van der Waals surface area contributed by atoms with Gasteiger partial charge in [-0.2, -0.15) is 24.4 Å². The van der Waals surface area contributed by atoms with Crippen LogP contribution in [-0.2, 0) is 9.53 Å². The Kier molecular flexibility index (Phi) is 5.87. The summed E-state index contributed by atoms with van der Waals surface area (Å²) in [6.07, 6.45) is -0.602. The van der Waals surface area contributed by atoms with Gasteiger partial charge in [0.15, 0.2) is 17.7 Å². The molecule has 0 aliphatic carbocycles. The average Bonchev–Trinajstić information content (AvgIpc) is 3.15. The molecule has 26 heavy (non-hydrogen) atoms. The molecule has 0 radical (unpaired) electrons. The highest BCUT2D eigenvalue weighted by Gasteiger charge is 2.44. The minimum Gasteiger partial charge on any atom is -0.480 e. The van der Waals surface area contributed by atoms with E-state index in [9.17, 15) is 15.0 Å². The maximum Gasteiger partial charge on any atom is 0.316 e. The van der Waals surface area contributed by atoms with Crippen LogP contribution in [0, 0.1) is 0 Å². The maximum atomic E-state index is 10.7. The van der Waals surface area contributed by atoms with E-state index in [4.69, 9.17) is 15.6 Å². The first-order valence-electron chi connectivity index (χ1n) is 7.83. The highest BCUT2D eigenvalue weighted by molar-refractivity contribution is 7.99. The molecule has 0 spiro atoms. The second-order valence-electron chi connectivity index (χ2n) is 5.85. The standard InChI is InChI=1S/C14H19N5O5S2/c15-11-8-12(17-4-16-11)19(5-18-8)13-10(21)9(20)6(24-13)3-26-2-1-7(25)14(22)23/h4-7,9-10,13,20-21,25H,1-3H2,(H,22,23)(H2,15,16,17). The van der Waals surface area contributed by atoms with Crippen molar-refractivity contribution in [1.29, 1.82) is 0 Å². The molecule has 10 nitrogen and oxygen atoms in total. The SMILES string of the molecule is Nc1ncnc2c1ncn2C1OC(CSCCC(S)C(=O)O)C(O)C1O. The number of ether oxygens (including phenoxy) is 1. The van der Waals surface area contributed by atoms with Gasteiger partial charge < -0.3 is 25.8 Å². The Morgan fingerprint density at radius 1 is 1.38 bits per heavy atom. The van der Waals surface area contributed by atoms with Crippen molar-refractivity contribution in [2.24, 2.45) is 0 Å². The van der Waals surface area contributed by atoms with Crippen LogP contribution in [0.15, 0.2) is 12.7 Å². The molecule has 5 unspecified atom stereocenters. The molecule has 0 saturated carbocycles. The average molecular weight is 401 g/mol. The predicted octanol–water partition coefficient (Wildman–Crippen LogP) is -0.466. The van der Waals surface area contributed by atoms with E-state index in [0.717, 1.165) is 0 Å². The first-order chi connectivity index (χ1) is 12.4. The van der Waals surface area contributed by atoms with Gasteiger partial charge in [-0.3, -0.25) is 9.36 Å². The molecule has 5 N–H and O–H groups in total. The van der Waals surface area contributed by atoms with Crippen molar-refractivity contribution in [1.82, 2.24) is 19.5 Å². The number of carboxylic acids is 1. The van der Waals surface area contributed by atoms with Crippen molar-refractivity contribution in [3.05, 3.63) is 12.7 Å². The minimum absolute atomic E-state index is 0.216. The third-order valence-electron chi connectivity index (χ3n) is 4.10. The molecule has 1 aliphatic heterocycles. The zero-order valence-corrected chi connectivity index (χ0v) is 15.3. The predicted molar refractivity (Wildman–Crippen MR) is 98.0 cm³/mol. The van der Waals surface area contributed by atoms with Crippen molar-refractivity contribution in [3.8, 4) is 0 Å². The summed E-state index contributed by atoms with van der Waals surface area (Å²) < 4.78 is 7.31. The molecule has 1 aliphatic rings. The summed E-state index contributed by atoms with van der Waals surface area (Å²) in [6, 6.07) is 0. The third-order valence-corrected chi connectivity index (χ3v) is 5.67. The van der Waals surface area contributed by atoms with Crippen LogP contribution in [-0.4, -0.2) is 75.9 Å². The van der Waals surface area contributed by atoms with E-state index in [1.165, 1.54) is 29.0 Å². The highest BCUT2D eigenvalue weighted by atomic mass is 32.2. The maximum absolute atomic E-state index is 10.7. The monoisotopic (exact) mass is 401 g/mol. The van der Waals surface area contributed by atoms with Gasteiger partial charge in [-0.05, 0) is 12.2 Å². The van der Waals surface area contributed by atoms with Crippen molar-refractivity contribution >= 4 is 47.3 Å². The number of hydrogen-bond donors (Lipinski definition) is 5. The fourth-order valence-corrected chi connectivity index (χ4v) is 4.05. The summed E-state index contributed by atoms with van der Waals surface area (Å²) in [4.78, 5) is 22.8. The number of thioether (sulfide) groups is 1. The normalized spacial score (nSPS) is 27.0. The van der Waals surface area contributed by atoms with Crippen LogP contribution in [0.4, 0.5) is 5.82 Å². The van der Waals surface area contributed by atoms with Crippen LogP contribution in [0.5, 0.6) is 0 Å². The number of nitrogen functional groups attached to an aromatic ring is 1. The van der Waals surface area contributed by atoms with Crippen LogP contribution < -0.4 is 5.73 Å². The number of carbonyl (C=O) groups is 1. The molecule has 0 bridgehead atoms. The van der Waals surface area contributed by atoms with Crippen LogP contribution >= 0.6 is 24.4 Å². The molecule has 12 heteroatoms. The molecule has 3 rings (SSSR count). The summed E-state index contributed by atoms with van der Waals surface area (Å²) in [7, 11) is 0. The molecule has 2 aromatic heterocycles. The number of imidazole rings is 1. The van der Waals surface area contributed by atoms with Gasteiger partial charge in [0.05, 0.1) is 12.4 Å². The second kappa shape index (κ2) is 7.96. The number of aliphatic hydroxyl groups excluding tert-OH is 2. The van der Waals surface area contributed by atoms with E-state index in [0.29, 0.717) is 29.1 Å².